The number of rotatable bonds is 1. The number of aromatic nitrogens is 2. The molecule has 6 rings (SSSR count). The molecular weight excluding hydrogens is 455 g/mol. The van der Waals surface area contributed by atoms with Crippen molar-refractivity contribution in [2.75, 3.05) is 0 Å². The Kier molecular flexibility index (Phi) is 3.81. The number of imidazole rings is 1. The fraction of sp³-hybridized carbons (Fsp3) is 0.400. The Balaban J connectivity index is 1.38. The minimum atomic E-state index is 0.269. The van der Waals surface area contributed by atoms with Crippen LogP contribution in [0.2, 0.25) is 0 Å². The molecule has 3 aromatic rings. The van der Waals surface area contributed by atoms with E-state index in [0.717, 1.165) is 23.3 Å². The molecule has 1 saturated carbocycles. The Morgan fingerprint density at radius 3 is 2.96 bits per heavy atom. The van der Waals surface area contributed by atoms with Gasteiger partial charge < -0.3 is 4.57 Å². The second kappa shape index (κ2) is 6.19. The van der Waals surface area contributed by atoms with Gasteiger partial charge in [0.1, 0.15) is 6.33 Å². The molecular formula is C25H25IN2. The van der Waals surface area contributed by atoms with E-state index in [-0.39, 0.29) is 5.41 Å². The average molecular weight is 480 g/mol. The Morgan fingerprint density at radius 1 is 1.14 bits per heavy atom. The van der Waals surface area contributed by atoms with Crippen molar-refractivity contribution in [3.8, 4) is 0 Å². The molecule has 0 amide bonds. The largest absolute Gasteiger partial charge is 0.302 e. The third-order valence-corrected chi connectivity index (χ3v) is 8.61. The molecule has 3 aliphatic carbocycles. The van der Waals surface area contributed by atoms with Gasteiger partial charge in [0, 0.05) is 14.7 Å². The molecule has 2 aromatic carbocycles. The summed E-state index contributed by atoms with van der Waals surface area (Å²) in [5.41, 5.74) is 7.39. The highest BCUT2D eigenvalue weighted by molar-refractivity contribution is 14.1. The zero-order chi connectivity index (χ0) is 18.9. The summed E-state index contributed by atoms with van der Waals surface area (Å²) < 4.78 is 3.77. The Hall–Kier alpha value is -1.62. The lowest BCUT2D eigenvalue weighted by atomic mass is 9.55. The van der Waals surface area contributed by atoms with E-state index < -0.39 is 0 Å². The van der Waals surface area contributed by atoms with Crippen molar-refractivity contribution < 1.29 is 0 Å². The number of halogens is 1. The van der Waals surface area contributed by atoms with Crippen LogP contribution in [-0.2, 0) is 6.42 Å². The van der Waals surface area contributed by atoms with Crippen LogP contribution < -0.4 is 0 Å². The molecule has 1 heterocycles. The van der Waals surface area contributed by atoms with E-state index in [1.165, 1.54) is 46.9 Å². The Bertz CT molecular complexity index is 1110. The van der Waals surface area contributed by atoms with E-state index in [0.29, 0.717) is 0 Å². The highest BCUT2D eigenvalue weighted by Gasteiger charge is 2.52. The minimum absolute atomic E-state index is 0.269. The molecule has 0 unspecified atom stereocenters. The van der Waals surface area contributed by atoms with Crippen LogP contribution in [-0.4, -0.2) is 9.55 Å². The summed E-state index contributed by atoms with van der Waals surface area (Å²) in [6, 6.07) is 15.7. The number of fused-ring (bicyclic) bond motifs is 6. The van der Waals surface area contributed by atoms with Gasteiger partial charge in [0.05, 0.1) is 11.0 Å². The first-order chi connectivity index (χ1) is 13.6. The number of aryl methyl sites for hydroxylation is 1. The van der Waals surface area contributed by atoms with Crippen molar-refractivity contribution in [1.29, 1.82) is 0 Å². The molecule has 0 spiro atoms. The fourth-order valence-electron chi connectivity index (χ4n) is 6.62. The van der Waals surface area contributed by atoms with Gasteiger partial charge in [-0.2, -0.15) is 0 Å². The molecule has 0 saturated heterocycles. The number of hydrogen-bond donors (Lipinski definition) is 0. The van der Waals surface area contributed by atoms with Crippen molar-refractivity contribution in [2.24, 2.45) is 17.3 Å². The van der Waals surface area contributed by atoms with Crippen molar-refractivity contribution in [1.82, 2.24) is 9.55 Å². The van der Waals surface area contributed by atoms with Crippen LogP contribution in [0.4, 0.5) is 0 Å². The first-order valence-electron chi connectivity index (χ1n) is 10.6. The van der Waals surface area contributed by atoms with Crippen molar-refractivity contribution in [3.05, 3.63) is 69.6 Å². The molecule has 3 heteroatoms. The molecule has 4 atom stereocenters. The fourth-order valence-corrected chi connectivity index (χ4v) is 7.18. The molecule has 0 N–H and O–H groups in total. The van der Waals surface area contributed by atoms with E-state index in [1.807, 2.05) is 6.33 Å². The van der Waals surface area contributed by atoms with Crippen LogP contribution in [0.15, 0.2) is 54.9 Å². The van der Waals surface area contributed by atoms with E-state index in [1.54, 1.807) is 11.1 Å². The van der Waals surface area contributed by atoms with Gasteiger partial charge in [0.15, 0.2) is 0 Å². The molecule has 1 fully saturated rings. The number of allylic oxidation sites excluding steroid dienone is 2. The molecule has 28 heavy (non-hydrogen) atoms. The molecule has 2 nitrogen and oxygen atoms in total. The minimum Gasteiger partial charge on any atom is -0.302 e. The van der Waals surface area contributed by atoms with Crippen LogP contribution >= 0.6 is 22.6 Å². The van der Waals surface area contributed by atoms with Gasteiger partial charge in [0.2, 0.25) is 0 Å². The maximum absolute atomic E-state index is 4.67. The summed E-state index contributed by atoms with van der Waals surface area (Å²) >= 11 is 2.46. The van der Waals surface area contributed by atoms with Gasteiger partial charge in [-0.25, -0.2) is 4.98 Å². The predicted molar refractivity (Wildman–Crippen MR) is 123 cm³/mol. The zero-order valence-electron chi connectivity index (χ0n) is 16.2. The Labute approximate surface area is 180 Å². The lowest BCUT2D eigenvalue weighted by Gasteiger charge is -2.50. The van der Waals surface area contributed by atoms with E-state index in [4.69, 9.17) is 0 Å². The lowest BCUT2D eigenvalue weighted by Crippen LogP contribution is -2.41. The highest BCUT2D eigenvalue weighted by Crippen LogP contribution is 2.62. The third kappa shape index (κ3) is 2.35. The maximum Gasteiger partial charge on any atom is 0.100 e. The molecule has 1 aromatic heterocycles. The predicted octanol–water partition coefficient (Wildman–Crippen LogP) is 6.65. The van der Waals surface area contributed by atoms with Gasteiger partial charge in [-0.05, 0) is 108 Å². The van der Waals surface area contributed by atoms with Crippen LogP contribution in [0.5, 0.6) is 0 Å². The van der Waals surface area contributed by atoms with Crippen molar-refractivity contribution in [3.63, 3.8) is 0 Å². The monoisotopic (exact) mass is 480 g/mol. The molecule has 3 aliphatic rings. The molecule has 142 valence electrons. The third-order valence-electron chi connectivity index (χ3n) is 7.94. The SMILES string of the molecule is C[C@]12CC[C@@H]3c4ccc(I)cc4CC[C@H]3[C@@H]1CC=C2n1cnc2ccccc21. The summed E-state index contributed by atoms with van der Waals surface area (Å²) in [6.07, 6.45) is 11.0. The number of benzene rings is 2. The van der Waals surface area contributed by atoms with Crippen LogP contribution in [0, 0.1) is 20.8 Å². The summed E-state index contributed by atoms with van der Waals surface area (Å²) in [6.45, 7) is 2.53. The second-order valence-electron chi connectivity index (χ2n) is 9.14. The Morgan fingerprint density at radius 2 is 2.04 bits per heavy atom. The maximum atomic E-state index is 4.67. The van der Waals surface area contributed by atoms with Crippen LogP contribution in [0.25, 0.3) is 16.7 Å². The smallest absolute Gasteiger partial charge is 0.100 e. The van der Waals surface area contributed by atoms with Crippen LogP contribution in [0.3, 0.4) is 0 Å². The van der Waals surface area contributed by atoms with Gasteiger partial charge >= 0.3 is 0 Å². The van der Waals surface area contributed by atoms with E-state index >= 15 is 0 Å². The first-order valence-corrected chi connectivity index (χ1v) is 11.6. The quantitative estimate of drug-likeness (QED) is 0.357. The first kappa shape index (κ1) is 17.3. The zero-order valence-corrected chi connectivity index (χ0v) is 18.4. The number of hydrogen-bond acceptors (Lipinski definition) is 1. The van der Waals surface area contributed by atoms with Gasteiger partial charge in [0.25, 0.3) is 0 Å². The normalized spacial score (nSPS) is 31.2. The summed E-state index contributed by atoms with van der Waals surface area (Å²) in [7, 11) is 0. The average Bonchev–Trinajstić information content (AvgIpc) is 3.28. The van der Waals surface area contributed by atoms with E-state index in [9.17, 15) is 0 Å². The van der Waals surface area contributed by atoms with Crippen LogP contribution in [0.1, 0.15) is 49.7 Å². The number of para-hydroxylation sites is 2. The lowest BCUT2D eigenvalue weighted by molar-refractivity contribution is 0.0856. The van der Waals surface area contributed by atoms with Gasteiger partial charge in [-0.3, -0.25) is 0 Å². The molecule has 0 bridgehead atoms. The summed E-state index contributed by atoms with van der Waals surface area (Å²) in [5.74, 6) is 2.33. The molecule has 0 radical (unpaired) electrons. The molecule has 0 aliphatic heterocycles. The summed E-state index contributed by atoms with van der Waals surface area (Å²) in [5, 5.41) is 0. The van der Waals surface area contributed by atoms with Crippen molar-refractivity contribution >= 4 is 39.3 Å². The van der Waals surface area contributed by atoms with Crippen molar-refractivity contribution in [2.45, 2.75) is 44.9 Å². The van der Waals surface area contributed by atoms with Gasteiger partial charge in [-0.1, -0.05) is 31.2 Å². The number of nitrogens with zero attached hydrogens (tertiary/aromatic N) is 2. The van der Waals surface area contributed by atoms with E-state index in [2.05, 4.69) is 87.6 Å². The standard InChI is InChI=1S/C25H25IN2/c1-25-13-12-19-18-9-7-17(26)14-16(18)6-8-20(19)21(25)10-11-24(25)28-15-27-22-4-2-3-5-23(22)28/h2-5,7,9,11,14-15,19-21H,6,8,10,12-13H2,1H3/t19-,20-,21+,25+/m1/s1. The van der Waals surface area contributed by atoms with Gasteiger partial charge in [-0.15, -0.1) is 0 Å². The topological polar surface area (TPSA) is 17.8 Å². The summed E-state index contributed by atoms with van der Waals surface area (Å²) in [4.78, 5) is 4.67. The highest BCUT2D eigenvalue weighted by atomic mass is 127. The second-order valence-corrected chi connectivity index (χ2v) is 10.4.